The van der Waals surface area contributed by atoms with Crippen LogP contribution in [-0.2, 0) is 26.2 Å². The second-order valence-corrected chi connectivity index (χ2v) is 7.74. The Hall–Kier alpha value is -2.71. The van der Waals surface area contributed by atoms with Gasteiger partial charge in [0.15, 0.2) is 0 Å². The summed E-state index contributed by atoms with van der Waals surface area (Å²) >= 11 is 0. The van der Waals surface area contributed by atoms with Crippen LogP contribution >= 0.6 is 0 Å². The number of rotatable bonds is 8. The molecular formula is C18H19N2O5S-. The van der Waals surface area contributed by atoms with E-state index in [-0.39, 0.29) is 24.3 Å². The summed E-state index contributed by atoms with van der Waals surface area (Å²) in [5.74, 6) is -1.78. The second kappa shape index (κ2) is 8.59. The standard InChI is InChI=1S/C18H20N2O5S/c1-20(13-14-5-3-2-4-6-14)26(24,25)16-9-7-15(8-10-16)19-17(21)11-12-18(22)23/h2-10H,11-13H2,1H3,(H,19,21)(H,22,23)/p-1. The molecule has 8 heteroatoms. The molecule has 0 aliphatic heterocycles. The fourth-order valence-corrected chi connectivity index (χ4v) is 3.41. The van der Waals surface area contributed by atoms with Gasteiger partial charge in [0.05, 0.1) is 4.90 Å². The van der Waals surface area contributed by atoms with E-state index in [1.54, 1.807) is 0 Å². The Morgan fingerprint density at radius 1 is 1.00 bits per heavy atom. The third-order valence-electron chi connectivity index (χ3n) is 3.65. The van der Waals surface area contributed by atoms with E-state index in [0.29, 0.717) is 5.69 Å². The van der Waals surface area contributed by atoms with E-state index in [1.807, 2.05) is 30.3 Å². The predicted molar refractivity (Wildman–Crippen MR) is 94.4 cm³/mol. The van der Waals surface area contributed by atoms with Crippen LogP contribution in [0.2, 0.25) is 0 Å². The quantitative estimate of drug-likeness (QED) is 0.740. The first-order chi connectivity index (χ1) is 12.3. The van der Waals surface area contributed by atoms with Crippen LogP contribution in [0.1, 0.15) is 18.4 Å². The number of carboxylic acid groups (broad SMARTS) is 1. The molecule has 0 spiro atoms. The molecule has 0 unspecified atom stereocenters. The van der Waals surface area contributed by atoms with E-state index >= 15 is 0 Å². The number of nitrogens with one attached hydrogen (secondary N) is 1. The Bertz CT molecular complexity index is 864. The number of anilines is 1. The van der Waals surface area contributed by atoms with Gasteiger partial charge >= 0.3 is 0 Å². The Balaban J connectivity index is 2.03. The zero-order valence-electron chi connectivity index (χ0n) is 14.2. The highest BCUT2D eigenvalue weighted by molar-refractivity contribution is 7.89. The van der Waals surface area contributed by atoms with E-state index < -0.39 is 21.9 Å². The molecule has 26 heavy (non-hydrogen) atoms. The van der Waals surface area contributed by atoms with Crippen LogP contribution in [0.4, 0.5) is 5.69 Å². The highest BCUT2D eigenvalue weighted by Gasteiger charge is 2.20. The molecule has 138 valence electrons. The lowest BCUT2D eigenvalue weighted by molar-refractivity contribution is -0.305. The molecule has 2 aromatic rings. The Labute approximate surface area is 152 Å². The van der Waals surface area contributed by atoms with Gasteiger partial charge in [-0.25, -0.2) is 8.42 Å². The molecule has 1 amide bonds. The van der Waals surface area contributed by atoms with Gasteiger partial charge in [-0.2, -0.15) is 4.31 Å². The molecule has 7 nitrogen and oxygen atoms in total. The Morgan fingerprint density at radius 2 is 1.62 bits per heavy atom. The van der Waals surface area contributed by atoms with Crippen molar-refractivity contribution < 1.29 is 23.1 Å². The topological polar surface area (TPSA) is 107 Å². The van der Waals surface area contributed by atoms with E-state index in [2.05, 4.69) is 5.32 Å². The van der Waals surface area contributed by atoms with Crippen molar-refractivity contribution in [3.8, 4) is 0 Å². The van der Waals surface area contributed by atoms with Crippen LogP contribution in [0, 0.1) is 0 Å². The number of nitrogens with zero attached hydrogens (tertiary/aromatic N) is 1. The summed E-state index contributed by atoms with van der Waals surface area (Å²) in [5, 5.41) is 12.9. The summed E-state index contributed by atoms with van der Waals surface area (Å²) in [4.78, 5) is 22.0. The van der Waals surface area contributed by atoms with Crippen LogP contribution < -0.4 is 10.4 Å². The number of hydrogen-bond acceptors (Lipinski definition) is 5. The minimum absolute atomic E-state index is 0.101. The van der Waals surface area contributed by atoms with Crippen molar-refractivity contribution in [2.75, 3.05) is 12.4 Å². The molecule has 0 heterocycles. The average molecular weight is 375 g/mol. The highest BCUT2D eigenvalue weighted by Crippen LogP contribution is 2.19. The lowest BCUT2D eigenvalue weighted by atomic mass is 10.2. The third kappa shape index (κ3) is 5.40. The first-order valence-electron chi connectivity index (χ1n) is 7.89. The van der Waals surface area contributed by atoms with Crippen molar-refractivity contribution in [3.63, 3.8) is 0 Å². The lowest BCUT2D eigenvalue weighted by Crippen LogP contribution is -2.26. The smallest absolute Gasteiger partial charge is 0.243 e. The van der Waals surface area contributed by atoms with E-state index in [0.717, 1.165) is 5.56 Å². The van der Waals surface area contributed by atoms with Crippen molar-refractivity contribution in [3.05, 3.63) is 60.2 Å². The van der Waals surface area contributed by atoms with Gasteiger partial charge in [-0.3, -0.25) is 4.79 Å². The van der Waals surface area contributed by atoms with Crippen molar-refractivity contribution in [1.82, 2.24) is 4.31 Å². The summed E-state index contributed by atoms with van der Waals surface area (Å²) in [6.45, 7) is 0.241. The molecule has 0 bridgehead atoms. The molecule has 1 N–H and O–H groups in total. The van der Waals surface area contributed by atoms with Crippen LogP contribution in [0.3, 0.4) is 0 Å². The molecule has 0 aromatic heterocycles. The second-order valence-electron chi connectivity index (χ2n) is 5.69. The van der Waals surface area contributed by atoms with Crippen molar-refractivity contribution in [1.29, 1.82) is 0 Å². The zero-order chi connectivity index (χ0) is 19.2. The predicted octanol–water partition coefficient (Wildman–Crippen LogP) is 0.976. The number of amides is 1. The maximum Gasteiger partial charge on any atom is 0.243 e. The monoisotopic (exact) mass is 375 g/mol. The summed E-state index contributed by atoms with van der Waals surface area (Å²) in [5.41, 5.74) is 1.26. The number of carboxylic acids is 1. The largest absolute Gasteiger partial charge is 0.550 e. The lowest BCUT2D eigenvalue weighted by Gasteiger charge is -2.17. The molecule has 0 aliphatic rings. The highest BCUT2D eigenvalue weighted by atomic mass is 32.2. The maximum atomic E-state index is 12.6. The zero-order valence-corrected chi connectivity index (χ0v) is 15.0. The number of carbonyl (C=O) groups excluding carboxylic acids is 2. The van der Waals surface area contributed by atoms with Gasteiger partial charge in [-0.1, -0.05) is 30.3 Å². The fourth-order valence-electron chi connectivity index (χ4n) is 2.25. The van der Waals surface area contributed by atoms with Gasteiger partial charge in [-0.05, 0) is 36.2 Å². The van der Waals surface area contributed by atoms with Crippen LogP contribution in [-0.4, -0.2) is 31.6 Å². The number of carbonyl (C=O) groups is 2. The molecule has 0 saturated carbocycles. The number of aliphatic carboxylic acids is 1. The molecule has 0 atom stereocenters. The van der Waals surface area contributed by atoms with E-state index in [4.69, 9.17) is 0 Å². The number of sulfonamides is 1. The SMILES string of the molecule is CN(Cc1ccccc1)S(=O)(=O)c1ccc(NC(=O)CCC(=O)[O-])cc1. The minimum atomic E-state index is -3.67. The average Bonchev–Trinajstić information content (AvgIpc) is 2.61. The summed E-state index contributed by atoms with van der Waals surface area (Å²) in [6.07, 6.45) is -0.579. The number of hydrogen-bond donors (Lipinski definition) is 1. The van der Waals surface area contributed by atoms with Gasteiger partial charge in [-0.15, -0.1) is 0 Å². The molecular weight excluding hydrogens is 356 g/mol. The fraction of sp³-hybridized carbons (Fsp3) is 0.222. The van der Waals surface area contributed by atoms with Crippen molar-refractivity contribution >= 4 is 27.6 Å². The first-order valence-corrected chi connectivity index (χ1v) is 9.33. The first kappa shape index (κ1) is 19.6. The van der Waals surface area contributed by atoms with Gasteiger partial charge in [0.1, 0.15) is 0 Å². The van der Waals surface area contributed by atoms with Crippen molar-refractivity contribution in [2.45, 2.75) is 24.3 Å². The maximum absolute atomic E-state index is 12.6. The molecule has 0 fully saturated rings. The molecule has 2 aromatic carbocycles. The Kier molecular flexibility index (Phi) is 6.48. The Morgan fingerprint density at radius 3 is 2.19 bits per heavy atom. The molecule has 0 radical (unpaired) electrons. The normalized spacial score (nSPS) is 11.3. The van der Waals surface area contributed by atoms with Crippen molar-refractivity contribution in [2.24, 2.45) is 0 Å². The van der Waals surface area contributed by atoms with Gasteiger partial charge in [0.25, 0.3) is 0 Å². The third-order valence-corrected chi connectivity index (χ3v) is 5.47. The van der Waals surface area contributed by atoms with E-state index in [9.17, 15) is 23.1 Å². The molecule has 2 rings (SSSR count). The number of benzene rings is 2. The van der Waals surface area contributed by atoms with E-state index in [1.165, 1.54) is 35.6 Å². The van der Waals surface area contributed by atoms with Gasteiger partial charge in [0.2, 0.25) is 15.9 Å². The van der Waals surface area contributed by atoms with Gasteiger partial charge < -0.3 is 15.2 Å². The summed E-state index contributed by atoms with van der Waals surface area (Å²) in [6, 6.07) is 14.9. The minimum Gasteiger partial charge on any atom is -0.550 e. The summed E-state index contributed by atoms with van der Waals surface area (Å²) < 4.78 is 26.5. The van der Waals surface area contributed by atoms with Gasteiger partial charge in [0, 0.05) is 31.7 Å². The summed E-state index contributed by atoms with van der Waals surface area (Å²) in [7, 11) is -2.17. The van der Waals surface area contributed by atoms with Crippen LogP contribution in [0.25, 0.3) is 0 Å². The van der Waals surface area contributed by atoms with Crippen LogP contribution in [0.5, 0.6) is 0 Å². The molecule has 0 saturated heterocycles. The van der Waals surface area contributed by atoms with Crippen LogP contribution in [0.15, 0.2) is 59.5 Å². The molecule has 0 aliphatic carbocycles.